The van der Waals surface area contributed by atoms with E-state index in [-0.39, 0.29) is 36.4 Å². The first-order chi connectivity index (χ1) is 19.5. The Kier molecular flexibility index (Phi) is 9.27. The summed E-state index contributed by atoms with van der Waals surface area (Å²) in [7, 11) is -4.20. The normalized spacial score (nSPS) is 17.7. The summed E-state index contributed by atoms with van der Waals surface area (Å²) in [5.41, 5.74) is 0.110. The molecule has 0 spiro atoms. The summed E-state index contributed by atoms with van der Waals surface area (Å²) in [4.78, 5) is 27.5. The van der Waals surface area contributed by atoms with Crippen LogP contribution in [0, 0.1) is 6.92 Å². The lowest BCUT2D eigenvalue weighted by atomic mass is 10.00. The van der Waals surface area contributed by atoms with Gasteiger partial charge in [-0.15, -0.1) is 0 Å². The molecule has 1 aliphatic heterocycles. The number of ether oxygens (including phenoxy) is 1. The minimum absolute atomic E-state index is 0.241. The zero-order valence-corrected chi connectivity index (χ0v) is 25.1. The summed E-state index contributed by atoms with van der Waals surface area (Å²) in [6, 6.07) is 9.82. The van der Waals surface area contributed by atoms with Crippen LogP contribution in [0.5, 0.6) is 0 Å². The molecule has 1 N–H and O–H groups in total. The van der Waals surface area contributed by atoms with E-state index in [1.54, 1.807) is 25.7 Å². The number of carbonyl (C=O) groups is 2. The molecule has 2 aromatic carbocycles. The van der Waals surface area contributed by atoms with Crippen LogP contribution in [0.25, 0.3) is 0 Å². The van der Waals surface area contributed by atoms with E-state index in [1.807, 2.05) is 31.2 Å². The van der Waals surface area contributed by atoms with Crippen LogP contribution in [0.3, 0.4) is 0 Å². The number of halogens is 3. The molecule has 2 fully saturated rings. The second-order valence-electron chi connectivity index (χ2n) is 12.0. The number of aryl methyl sites for hydroxylation is 1. The van der Waals surface area contributed by atoms with Gasteiger partial charge in [-0.2, -0.15) is 17.5 Å². The van der Waals surface area contributed by atoms with Gasteiger partial charge in [0.1, 0.15) is 11.6 Å². The number of nitrogens with one attached hydrogen (secondary N) is 1. The highest BCUT2D eigenvalue weighted by Crippen LogP contribution is 2.38. The number of amides is 2. The number of rotatable bonds is 8. The highest BCUT2D eigenvalue weighted by atomic mass is 32.2. The molecular formula is C30H38F3N3O5S. The Balaban J connectivity index is 1.49. The van der Waals surface area contributed by atoms with Crippen molar-refractivity contribution in [1.29, 1.82) is 0 Å². The molecule has 0 bridgehead atoms. The van der Waals surface area contributed by atoms with Gasteiger partial charge in [-0.25, -0.2) is 13.2 Å². The monoisotopic (exact) mass is 609 g/mol. The van der Waals surface area contributed by atoms with E-state index in [4.69, 9.17) is 4.74 Å². The van der Waals surface area contributed by atoms with Gasteiger partial charge < -0.3 is 15.0 Å². The number of sulfonamides is 1. The summed E-state index contributed by atoms with van der Waals surface area (Å²) < 4.78 is 73.9. The molecule has 1 unspecified atom stereocenters. The molecule has 2 amide bonds. The maximum Gasteiger partial charge on any atom is 0.416 e. The van der Waals surface area contributed by atoms with Gasteiger partial charge in [-0.1, -0.05) is 35.9 Å². The molecule has 1 aliphatic carbocycles. The fourth-order valence-electron chi connectivity index (χ4n) is 5.26. The van der Waals surface area contributed by atoms with Crippen LogP contribution in [-0.4, -0.2) is 66.4 Å². The topological polar surface area (TPSA) is 96.0 Å². The van der Waals surface area contributed by atoms with Crippen LogP contribution in [0.2, 0.25) is 0 Å². The van der Waals surface area contributed by atoms with Crippen LogP contribution >= 0.6 is 0 Å². The Morgan fingerprint density at radius 3 is 2.19 bits per heavy atom. The average molecular weight is 610 g/mol. The lowest BCUT2D eigenvalue weighted by molar-refractivity contribution is -0.137. The lowest BCUT2D eigenvalue weighted by Crippen LogP contribution is -2.55. The minimum atomic E-state index is -4.66. The third-order valence-electron chi connectivity index (χ3n) is 7.29. The molecule has 2 aliphatic rings. The molecule has 1 heterocycles. The fourth-order valence-corrected chi connectivity index (χ4v) is 7.24. The molecule has 1 atom stereocenters. The summed E-state index contributed by atoms with van der Waals surface area (Å²) in [6.45, 7) is 7.61. The minimum Gasteiger partial charge on any atom is -0.444 e. The quantitative estimate of drug-likeness (QED) is 0.439. The van der Waals surface area contributed by atoms with E-state index in [2.05, 4.69) is 5.32 Å². The van der Waals surface area contributed by atoms with Gasteiger partial charge in [0.2, 0.25) is 15.9 Å². The Bertz CT molecular complexity index is 1400. The number of alkyl carbamates (subject to hydrolysis) is 1. The van der Waals surface area contributed by atoms with E-state index in [1.165, 1.54) is 10.4 Å². The average Bonchev–Trinajstić information content (AvgIpc) is 3.72. The maximum atomic E-state index is 13.7. The molecule has 0 aromatic heterocycles. The molecule has 230 valence electrons. The van der Waals surface area contributed by atoms with E-state index >= 15 is 0 Å². The van der Waals surface area contributed by atoms with Gasteiger partial charge in [0.25, 0.3) is 0 Å². The zero-order chi connectivity index (χ0) is 30.9. The Morgan fingerprint density at radius 2 is 1.62 bits per heavy atom. The predicted octanol–water partition coefficient (Wildman–Crippen LogP) is 5.29. The summed E-state index contributed by atoms with van der Waals surface area (Å²) in [5, 5.41) is 2.71. The highest BCUT2D eigenvalue weighted by molar-refractivity contribution is 7.89. The van der Waals surface area contributed by atoms with Crippen molar-refractivity contribution in [3.8, 4) is 0 Å². The van der Waals surface area contributed by atoms with Crippen molar-refractivity contribution in [2.24, 2.45) is 0 Å². The molecule has 1 saturated heterocycles. The van der Waals surface area contributed by atoms with Crippen molar-refractivity contribution < 1.29 is 35.9 Å². The number of hydrogen-bond donors (Lipinski definition) is 1. The van der Waals surface area contributed by atoms with Crippen molar-refractivity contribution in [2.75, 3.05) is 13.1 Å². The number of likely N-dealkylation sites (tertiary alicyclic amines) is 1. The summed E-state index contributed by atoms with van der Waals surface area (Å²) in [6.07, 6.45) is -3.21. The van der Waals surface area contributed by atoms with E-state index in [0.29, 0.717) is 31.7 Å². The number of hydrogen-bond acceptors (Lipinski definition) is 5. The second kappa shape index (κ2) is 12.2. The molecule has 1 saturated carbocycles. The van der Waals surface area contributed by atoms with Gasteiger partial charge >= 0.3 is 12.3 Å². The van der Waals surface area contributed by atoms with Crippen LogP contribution in [0.1, 0.15) is 63.1 Å². The molecule has 12 heteroatoms. The molecule has 8 nitrogen and oxygen atoms in total. The van der Waals surface area contributed by atoms with Gasteiger partial charge in [-0.05, 0) is 77.1 Å². The maximum absolute atomic E-state index is 13.7. The number of benzene rings is 2. The van der Waals surface area contributed by atoms with Gasteiger partial charge in [0.05, 0.1) is 10.5 Å². The van der Waals surface area contributed by atoms with Gasteiger partial charge in [0.15, 0.2) is 0 Å². The summed E-state index contributed by atoms with van der Waals surface area (Å²) >= 11 is 0. The third kappa shape index (κ3) is 8.03. The van der Waals surface area contributed by atoms with Crippen LogP contribution < -0.4 is 5.32 Å². The first-order valence-corrected chi connectivity index (χ1v) is 15.5. The largest absolute Gasteiger partial charge is 0.444 e. The highest BCUT2D eigenvalue weighted by Gasteiger charge is 2.45. The zero-order valence-electron chi connectivity index (χ0n) is 24.3. The Morgan fingerprint density at radius 1 is 1.00 bits per heavy atom. The third-order valence-corrected chi connectivity index (χ3v) is 9.29. The fraction of sp³-hybridized carbons (Fsp3) is 0.533. The molecule has 4 rings (SSSR count). The molecule has 42 heavy (non-hydrogen) atoms. The van der Waals surface area contributed by atoms with Crippen LogP contribution in [0.4, 0.5) is 18.0 Å². The standard InChI is InChI=1S/C30H38F3N3O5S/c1-20-7-5-8-21(17-20)18-26(34-28(38)41-29(2,3)4)27(37)35-15-13-24(14-16-35)36(23-11-12-23)42(39,40)25-10-6-9-22(19-25)30(31,32)33/h5-10,17,19,23-24,26H,11-16,18H2,1-4H3,(H,34,38). The number of alkyl halides is 3. The molecule has 0 radical (unpaired) electrons. The van der Waals surface area contributed by atoms with Gasteiger partial charge in [0, 0.05) is 31.6 Å². The molecular weight excluding hydrogens is 571 g/mol. The van der Waals surface area contributed by atoms with Crippen molar-refractivity contribution >= 4 is 22.0 Å². The number of carbonyl (C=O) groups excluding carboxylic acids is 2. The van der Waals surface area contributed by atoms with Gasteiger partial charge in [-0.3, -0.25) is 4.79 Å². The van der Waals surface area contributed by atoms with Crippen LogP contribution in [0.15, 0.2) is 53.4 Å². The predicted molar refractivity (Wildman–Crippen MR) is 151 cm³/mol. The number of nitrogens with zero attached hydrogens (tertiary/aromatic N) is 2. The summed E-state index contributed by atoms with van der Waals surface area (Å²) in [5.74, 6) is -0.306. The van der Waals surface area contributed by atoms with E-state index in [9.17, 15) is 31.2 Å². The first-order valence-electron chi connectivity index (χ1n) is 14.1. The van der Waals surface area contributed by atoms with E-state index in [0.717, 1.165) is 23.3 Å². The van der Waals surface area contributed by atoms with Crippen molar-refractivity contribution in [2.45, 2.75) is 94.6 Å². The first kappa shape index (κ1) is 31.8. The van der Waals surface area contributed by atoms with Crippen LogP contribution in [-0.2, 0) is 32.2 Å². The van der Waals surface area contributed by atoms with Crippen molar-refractivity contribution in [3.05, 3.63) is 65.2 Å². The molecule has 2 aromatic rings. The van der Waals surface area contributed by atoms with E-state index < -0.39 is 45.5 Å². The van der Waals surface area contributed by atoms with Crippen molar-refractivity contribution in [3.63, 3.8) is 0 Å². The Hall–Kier alpha value is -3.12. The Labute approximate surface area is 245 Å². The lowest BCUT2D eigenvalue weighted by Gasteiger charge is -2.39. The number of piperidine rings is 1. The smallest absolute Gasteiger partial charge is 0.416 e. The SMILES string of the molecule is Cc1cccc(CC(NC(=O)OC(C)(C)C)C(=O)N2CCC(N(C3CC3)S(=O)(=O)c3cccc(C(F)(F)F)c3)CC2)c1. The second-order valence-corrected chi connectivity index (χ2v) is 13.9. The van der Waals surface area contributed by atoms with Crippen molar-refractivity contribution in [1.82, 2.24) is 14.5 Å².